The summed E-state index contributed by atoms with van der Waals surface area (Å²) in [5, 5.41) is 0. The van der Waals surface area contributed by atoms with Crippen LogP contribution in [0.1, 0.15) is 11.1 Å². The smallest absolute Gasteiger partial charge is 0.123 e. The lowest BCUT2D eigenvalue weighted by Crippen LogP contribution is -2.07. The topological polar surface area (TPSA) is 3.24 Å². The van der Waals surface area contributed by atoms with Crippen molar-refractivity contribution in [1.29, 1.82) is 0 Å². The van der Waals surface area contributed by atoms with E-state index in [1.54, 1.807) is 6.07 Å². The molecule has 92 valence electrons. The highest BCUT2D eigenvalue weighted by molar-refractivity contribution is 5.70. The Morgan fingerprint density at radius 3 is 2.17 bits per heavy atom. The van der Waals surface area contributed by atoms with Gasteiger partial charge in [0.15, 0.2) is 0 Å². The van der Waals surface area contributed by atoms with E-state index in [0.717, 1.165) is 16.8 Å². The minimum atomic E-state index is -0.208. The standard InChI is InChI=1S/C16H16FN/c1-18(2)16-10-8-13(9-11-16)6-7-14-4-3-5-15(17)12-14/h3-12H,1-2H3. The van der Waals surface area contributed by atoms with Crippen molar-refractivity contribution in [1.82, 2.24) is 0 Å². The molecule has 2 aromatic carbocycles. The first-order valence-corrected chi connectivity index (χ1v) is 5.86. The van der Waals surface area contributed by atoms with Crippen LogP contribution in [-0.4, -0.2) is 14.1 Å². The Kier molecular flexibility index (Phi) is 3.78. The lowest BCUT2D eigenvalue weighted by Gasteiger charge is -2.11. The van der Waals surface area contributed by atoms with Gasteiger partial charge in [-0.05, 0) is 35.4 Å². The fourth-order valence-electron chi connectivity index (χ4n) is 1.69. The molecule has 0 heterocycles. The fourth-order valence-corrected chi connectivity index (χ4v) is 1.69. The molecule has 2 aromatic rings. The van der Waals surface area contributed by atoms with E-state index in [9.17, 15) is 4.39 Å². The molecule has 18 heavy (non-hydrogen) atoms. The molecule has 0 fully saturated rings. The Labute approximate surface area is 107 Å². The van der Waals surface area contributed by atoms with Gasteiger partial charge < -0.3 is 4.90 Å². The van der Waals surface area contributed by atoms with Crippen LogP contribution in [-0.2, 0) is 0 Å². The number of halogens is 1. The Hall–Kier alpha value is -2.09. The normalized spacial score (nSPS) is 10.8. The van der Waals surface area contributed by atoms with Crippen molar-refractivity contribution in [3.8, 4) is 0 Å². The van der Waals surface area contributed by atoms with E-state index >= 15 is 0 Å². The first kappa shape index (κ1) is 12.4. The molecule has 0 aliphatic heterocycles. The molecule has 2 rings (SSSR count). The second kappa shape index (κ2) is 5.50. The van der Waals surface area contributed by atoms with E-state index in [-0.39, 0.29) is 5.82 Å². The maximum atomic E-state index is 13.0. The lowest BCUT2D eigenvalue weighted by molar-refractivity contribution is 0.627. The Balaban J connectivity index is 2.14. The second-order valence-electron chi connectivity index (χ2n) is 4.37. The van der Waals surface area contributed by atoms with E-state index < -0.39 is 0 Å². The summed E-state index contributed by atoms with van der Waals surface area (Å²) in [7, 11) is 4.02. The van der Waals surface area contributed by atoms with E-state index in [1.807, 2.05) is 44.4 Å². The number of hydrogen-bond acceptors (Lipinski definition) is 1. The summed E-state index contributed by atoms with van der Waals surface area (Å²) in [6.07, 6.45) is 3.89. The zero-order valence-corrected chi connectivity index (χ0v) is 10.6. The Morgan fingerprint density at radius 1 is 0.889 bits per heavy atom. The third-order valence-corrected chi connectivity index (χ3v) is 2.73. The third kappa shape index (κ3) is 3.20. The first-order valence-electron chi connectivity index (χ1n) is 5.86. The number of anilines is 1. The highest BCUT2D eigenvalue weighted by Gasteiger charge is 1.94. The summed E-state index contributed by atoms with van der Waals surface area (Å²) in [5.41, 5.74) is 3.13. The maximum Gasteiger partial charge on any atom is 0.123 e. The van der Waals surface area contributed by atoms with Crippen LogP contribution in [0.25, 0.3) is 12.2 Å². The molecule has 1 nitrogen and oxygen atoms in total. The monoisotopic (exact) mass is 241 g/mol. The van der Waals surface area contributed by atoms with E-state index in [1.165, 1.54) is 12.1 Å². The van der Waals surface area contributed by atoms with E-state index in [2.05, 4.69) is 17.0 Å². The molecular weight excluding hydrogens is 225 g/mol. The molecule has 0 unspecified atom stereocenters. The van der Waals surface area contributed by atoms with Crippen molar-refractivity contribution >= 4 is 17.8 Å². The quantitative estimate of drug-likeness (QED) is 0.732. The van der Waals surface area contributed by atoms with Gasteiger partial charge in [0.1, 0.15) is 5.82 Å². The van der Waals surface area contributed by atoms with Gasteiger partial charge in [0.2, 0.25) is 0 Å². The molecule has 0 aliphatic rings. The summed E-state index contributed by atoms with van der Waals surface area (Å²) in [6, 6.07) is 14.8. The lowest BCUT2D eigenvalue weighted by atomic mass is 10.1. The molecule has 0 saturated heterocycles. The van der Waals surface area contributed by atoms with Gasteiger partial charge in [-0.15, -0.1) is 0 Å². The summed E-state index contributed by atoms with van der Waals surface area (Å²) in [5.74, 6) is -0.208. The number of hydrogen-bond donors (Lipinski definition) is 0. The molecule has 0 aromatic heterocycles. The highest BCUT2D eigenvalue weighted by Crippen LogP contribution is 2.14. The number of nitrogens with zero attached hydrogens (tertiary/aromatic N) is 1. The average molecular weight is 241 g/mol. The minimum Gasteiger partial charge on any atom is -0.378 e. The minimum absolute atomic E-state index is 0.208. The van der Waals surface area contributed by atoms with Crippen LogP contribution in [0.4, 0.5) is 10.1 Å². The molecule has 0 spiro atoms. The average Bonchev–Trinajstić information content (AvgIpc) is 2.37. The first-order chi connectivity index (χ1) is 8.65. The van der Waals surface area contributed by atoms with Crippen LogP contribution in [0.3, 0.4) is 0 Å². The van der Waals surface area contributed by atoms with Gasteiger partial charge in [-0.1, -0.05) is 36.4 Å². The van der Waals surface area contributed by atoms with Crippen LogP contribution in [0.15, 0.2) is 48.5 Å². The second-order valence-corrected chi connectivity index (χ2v) is 4.37. The Morgan fingerprint density at radius 2 is 1.56 bits per heavy atom. The summed E-state index contributed by atoms with van der Waals surface area (Å²) >= 11 is 0. The zero-order chi connectivity index (χ0) is 13.0. The largest absolute Gasteiger partial charge is 0.378 e. The van der Waals surface area contributed by atoms with Crippen molar-refractivity contribution in [2.24, 2.45) is 0 Å². The fraction of sp³-hybridized carbons (Fsp3) is 0.125. The molecule has 0 aliphatic carbocycles. The van der Waals surface area contributed by atoms with Crippen molar-refractivity contribution in [3.63, 3.8) is 0 Å². The molecular formula is C16H16FN. The van der Waals surface area contributed by atoms with Gasteiger partial charge in [0.25, 0.3) is 0 Å². The van der Waals surface area contributed by atoms with E-state index in [0.29, 0.717) is 0 Å². The van der Waals surface area contributed by atoms with Crippen molar-refractivity contribution in [2.75, 3.05) is 19.0 Å². The zero-order valence-electron chi connectivity index (χ0n) is 10.6. The maximum absolute atomic E-state index is 13.0. The molecule has 2 heteroatoms. The third-order valence-electron chi connectivity index (χ3n) is 2.73. The van der Waals surface area contributed by atoms with Gasteiger partial charge >= 0.3 is 0 Å². The Bertz CT molecular complexity index is 541. The molecule has 0 amide bonds. The van der Waals surface area contributed by atoms with E-state index in [4.69, 9.17) is 0 Å². The van der Waals surface area contributed by atoms with Gasteiger partial charge in [0, 0.05) is 19.8 Å². The summed E-state index contributed by atoms with van der Waals surface area (Å²) in [4.78, 5) is 2.06. The number of rotatable bonds is 3. The van der Waals surface area contributed by atoms with Gasteiger partial charge in [0.05, 0.1) is 0 Å². The van der Waals surface area contributed by atoms with Gasteiger partial charge in [-0.2, -0.15) is 0 Å². The van der Waals surface area contributed by atoms with Crippen LogP contribution in [0, 0.1) is 5.82 Å². The summed E-state index contributed by atoms with van der Waals surface area (Å²) < 4.78 is 13.0. The molecule has 0 radical (unpaired) electrons. The molecule has 0 bridgehead atoms. The van der Waals surface area contributed by atoms with Crippen LogP contribution >= 0.6 is 0 Å². The molecule has 0 atom stereocenters. The number of benzene rings is 2. The SMILES string of the molecule is CN(C)c1ccc(C=Cc2cccc(F)c2)cc1. The highest BCUT2D eigenvalue weighted by atomic mass is 19.1. The van der Waals surface area contributed by atoms with Crippen molar-refractivity contribution < 1.29 is 4.39 Å². The van der Waals surface area contributed by atoms with Gasteiger partial charge in [-0.3, -0.25) is 0 Å². The van der Waals surface area contributed by atoms with Crippen LogP contribution < -0.4 is 4.90 Å². The van der Waals surface area contributed by atoms with Crippen LogP contribution in [0.5, 0.6) is 0 Å². The van der Waals surface area contributed by atoms with Crippen molar-refractivity contribution in [3.05, 3.63) is 65.5 Å². The molecule has 0 saturated carbocycles. The summed E-state index contributed by atoms with van der Waals surface area (Å²) in [6.45, 7) is 0. The van der Waals surface area contributed by atoms with Crippen molar-refractivity contribution in [2.45, 2.75) is 0 Å². The van der Waals surface area contributed by atoms with Gasteiger partial charge in [-0.25, -0.2) is 4.39 Å². The molecule has 0 N–H and O–H groups in total. The predicted octanol–water partition coefficient (Wildman–Crippen LogP) is 4.06. The predicted molar refractivity (Wildman–Crippen MR) is 76.1 cm³/mol. The van der Waals surface area contributed by atoms with Crippen LogP contribution in [0.2, 0.25) is 0 Å².